The molecule has 140 valence electrons. The number of amides is 1. The van der Waals surface area contributed by atoms with E-state index in [2.05, 4.69) is 5.32 Å². The van der Waals surface area contributed by atoms with E-state index in [9.17, 15) is 4.79 Å². The van der Waals surface area contributed by atoms with Crippen molar-refractivity contribution in [1.29, 1.82) is 0 Å². The number of furan rings is 1. The Balaban J connectivity index is 1.69. The highest BCUT2D eigenvalue weighted by Crippen LogP contribution is 2.36. The van der Waals surface area contributed by atoms with E-state index in [1.165, 1.54) is 18.2 Å². The lowest BCUT2D eigenvalue weighted by Gasteiger charge is -2.09. The summed E-state index contributed by atoms with van der Waals surface area (Å²) in [6, 6.07) is 11.0. The Hall–Kier alpha value is -1.56. The Morgan fingerprint density at radius 2 is 1.56 bits per heavy atom. The minimum absolute atomic E-state index is 0.0151. The first kappa shape index (κ1) is 20.2. The fraction of sp³-hybridized carbons (Fsp3) is 0.0556. The third-order valence-corrected chi connectivity index (χ3v) is 4.82. The topological polar surface area (TPSA) is 51.5 Å². The number of benzene rings is 2. The van der Waals surface area contributed by atoms with Crippen molar-refractivity contribution in [3.05, 3.63) is 79.1 Å². The third kappa shape index (κ3) is 4.84. The number of nitrogens with one attached hydrogen (secondary N) is 1. The van der Waals surface area contributed by atoms with Gasteiger partial charge in [0.05, 0.1) is 25.8 Å². The van der Waals surface area contributed by atoms with E-state index < -0.39 is 5.91 Å². The fourth-order valence-corrected chi connectivity index (χ4v) is 3.60. The van der Waals surface area contributed by atoms with Gasteiger partial charge in [-0.25, -0.2) is 0 Å². The molecule has 1 aromatic heterocycles. The van der Waals surface area contributed by atoms with E-state index in [1.54, 1.807) is 24.3 Å². The normalized spacial score (nSPS) is 10.7. The van der Waals surface area contributed by atoms with Crippen LogP contribution in [0.25, 0.3) is 0 Å². The molecule has 3 rings (SSSR count). The third-order valence-electron chi connectivity index (χ3n) is 3.41. The summed E-state index contributed by atoms with van der Waals surface area (Å²) in [5.74, 6) is 0.233. The molecule has 0 atom stereocenters. The van der Waals surface area contributed by atoms with E-state index in [4.69, 9.17) is 67.2 Å². The zero-order valence-electron chi connectivity index (χ0n) is 13.4. The molecule has 2 aromatic carbocycles. The maximum atomic E-state index is 12.3. The molecule has 1 amide bonds. The van der Waals surface area contributed by atoms with E-state index in [0.29, 0.717) is 26.5 Å². The van der Waals surface area contributed by atoms with Crippen LogP contribution in [0.2, 0.25) is 25.1 Å². The van der Waals surface area contributed by atoms with Crippen LogP contribution in [0.5, 0.6) is 5.75 Å². The number of para-hydroxylation sites is 1. The lowest BCUT2D eigenvalue weighted by molar-refractivity contribution is 0.0992. The van der Waals surface area contributed by atoms with Crippen molar-refractivity contribution in [3.8, 4) is 5.75 Å². The molecule has 0 bridgehead atoms. The van der Waals surface area contributed by atoms with Crippen molar-refractivity contribution in [2.45, 2.75) is 6.61 Å². The van der Waals surface area contributed by atoms with Gasteiger partial charge in [-0.1, -0.05) is 64.1 Å². The van der Waals surface area contributed by atoms with Crippen LogP contribution >= 0.6 is 58.0 Å². The number of hydrogen-bond acceptors (Lipinski definition) is 3. The molecule has 27 heavy (non-hydrogen) atoms. The predicted molar refractivity (Wildman–Crippen MR) is 109 cm³/mol. The zero-order chi connectivity index (χ0) is 19.6. The van der Waals surface area contributed by atoms with Crippen molar-refractivity contribution in [2.75, 3.05) is 5.32 Å². The highest BCUT2D eigenvalue weighted by Gasteiger charge is 2.16. The lowest BCUT2D eigenvalue weighted by atomic mass is 10.3. The molecule has 9 heteroatoms. The smallest absolute Gasteiger partial charge is 0.291 e. The van der Waals surface area contributed by atoms with Crippen LogP contribution in [0.1, 0.15) is 16.3 Å². The lowest BCUT2D eigenvalue weighted by Crippen LogP contribution is -2.11. The summed E-state index contributed by atoms with van der Waals surface area (Å²) >= 11 is 30.1. The van der Waals surface area contributed by atoms with Crippen LogP contribution in [0, 0.1) is 0 Å². The first-order chi connectivity index (χ1) is 12.8. The summed E-state index contributed by atoms with van der Waals surface area (Å²) in [6.07, 6.45) is 0. The molecule has 0 aliphatic heterocycles. The summed E-state index contributed by atoms with van der Waals surface area (Å²) in [5, 5.41) is 4.18. The SMILES string of the molecule is O=C(Nc1c(Cl)cccc1Cl)c1ccc(COc2c(Cl)cc(Cl)cc2Cl)o1. The minimum atomic E-state index is -0.501. The molecule has 1 heterocycles. The summed E-state index contributed by atoms with van der Waals surface area (Å²) in [6.45, 7) is 0.0151. The van der Waals surface area contributed by atoms with Crippen LogP contribution in [0.4, 0.5) is 5.69 Å². The van der Waals surface area contributed by atoms with E-state index in [1.807, 2.05) is 0 Å². The highest BCUT2D eigenvalue weighted by atomic mass is 35.5. The summed E-state index contributed by atoms with van der Waals surface area (Å²) < 4.78 is 11.1. The van der Waals surface area contributed by atoms with Gasteiger partial charge in [0.1, 0.15) is 12.4 Å². The van der Waals surface area contributed by atoms with E-state index in [0.717, 1.165) is 0 Å². The standard InChI is InChI=1S/C18H10Cl5NO3/c19-9-6-13(22)17(14(23)7-9)26-8-10-4-5-15(27-10)18(25)24-16-11(20)2-1-3-12(16)21/h1-7H,8H2,(H,24,25). The largest absolute Gasteiger partial charge is 0.483 e. The van der Waals surface area contributed by atoms with Crippen LogP contribution in [-0.4, -0.2) is 5.91 Å². The van der Waals surface area contributed by atoms with Gasteiger partial charge in [0.15, 0.2) is 11.5 Å². The predicted octanol–water partition coefficient (Wildman–Crippen LogP) is 7.38. The Labute approximate surface area is 179 Å². The number of anilines is 1. The van der Waals surface area contributed by atoms with Crippen LogP contribution in [0.15, 0.2) is 46.9 Å². The van der Waals surface area contributed by atoms with Crippen LogP contribution < -0.4 is 10.1 Å². The van der Waals surface area contributed by atoms with Crippen LogP contribution in [0.3, 0.4) is 0 Å². The molecule has 0 unspecified atom stereocenters. The Morgan fingerprint density at radius 3 is 2.19 bits per heavy atom. The monoisotopic (exact) mass is 463 g/mol. The second-order valence-corrected chi connectivity index (χ2v) is 7.37. The molecule has 0 spiro atoms. The van der Waals surface area contributed by atoms with Crippen molar-refractivity contribution in [3.63, 3.8) is 0 Å². The van der Waals surface area contributed by atoms with E-state index >= 15 is 0 Å². The number of hydrogen-bond donors (Lipinski definition) is 1. The Morgan fingerprint density at radius 1 is 0.926 bits per heavy atom. The van der Waals surface area contributed by atoms with Gasteiger partial charge in [0, 0.05) is 5.02 Å². The summed E-state index contributed by atoms with van der Waals surface area (Å²) in [4.78, 5) is 12.3. The molecular formula is C18H10Cl5NO3. The second-order valence-electron chi connectivity index (χ2n) is 5.30. The molecule has 4 nitrogen and oxygen atoms in total. The summed E-state index contributed by atoms with van der Waals surface area (Å²) in [5.41, 5.74) is 0.305. The van der Waals surface area contributed by atoms with Crippen molar-refractivity contribution in [1.82, 2.24) is 0 Å². The zero-order valence-corrected chi connectivity index (χ0v) is 17.1. The van der Waals surface area contributed by atoms with Crippen molar-refractivity contribution in [2.24, 2.45) is 0 Å². The molecule has 0 aliphatic carbocycles. The molecular weight excluding hydrogens is 455 g/mol. The first-order valence-corrected chi connectivity index (χ1v) is 9.35. The van der Waals surface area contributed by atoms with Gasteiger partial charge >= 0.3 is 0 Å². The molecule has 0 fully saturated rings. The van der Waals surface area contributed by atoms with Gasteiger partial charge in [0.25, 0.3) is 5.91 Å². The molecule has 3 aromatic rings. The quantitative estimate of drug-likeness (QED) is 0.428. The van der Waals surface area contributed by atoms with E-state index in [-0.39, 0.29) is 28.2 Å². The number of carbonyl (C=O) groups excluding carboxylic acids is 1. The average Bonchev–Trinajstić information content (AvgIpc) is 3.06. The van der Waals surface area contributed by atoms with Gasteiger partial charge in [-0.05, 0) is 36.4 Å². The Bertz CT molecular complexity index is 959. The molecule has 0 radical (unpaired) electrons. The van der Waals surface area contributed by atoms with Crippen molar-refractivity contribution >= 4 is 69.6 Å². The molecule has 0 aliphatic rings. The molecule has 0 saturated carbocycles. The highest BCUT2D eigenvalue weighted by molar-refractivity contribution is 6.40. The number of carbonyl (C=O) groups is 1. The second kappa shape index (κ2) is 8.63. The summed E-state index contributed by atoms with van der Waals surface area (Å²) in [7, 11) is 0. The maximum absolute atomic E-state index is 12.3. The van der Waals surface area contributed by atoms with Crippen LogP contribution in [-0.2, 0) is 6.61 Å². The van der Waals surface area contributed by atoms with Gasteiger partial charge in [-0.3, -0.25) is 4.79 Å². The van der Waals surface area contributed by atoms with Gasteiger partial charge in [-0.2, -0.15) is 0 Å². The number of rotatable bonds is 5. The fourth-order valence-electron chi connectivity index (χ4n) is 2.18. The van der Waals surface area contributed by atoms with Gasteiger partial charge < -0.3 is 14.5 Å². The first-order valence-electron chi connectivity index (χ1n) is 7.46. The van der Waals surface area contributed by atoms with Gasteiger partial charge in [-0.15, -0.1) is 0 Å². The average molecular weight is 466 g/mol. The van der Waals surface area contributed by atoms with Crippen molar-refractivity contribution < 1.29 is 13.9 Å². The molecule has 0 saturated heterocycles. The number of ether oxygens (including phenoxy) is 1. The Kier molecular flexibility index (Phi) is 6.45. The molecule has 1 N–H and O–H groups in total. The maximum Gasteiger partial charge on any atom is 0.291 e. The number of halogens is 5. The minimum Gasteiger partial charge on any atom is -0.483 e. The van der Waals surface area contributed by atoms with Gasteiger partial charge in [0.2, 0.25) is 0 Å².